The number of benzene rings is 2. The van der Waals surface area contributed by atoms with E-state index in [4.69, 9.17) is 23.2 Å². The summed E-state index contributed by atoms with van der Waals surface area (Å²) >= 11 is 13.3. The number of rotatable bonds is 9. The van der Waals surface area contributed by atoms with Gasteiger partial charge in [0.15, 0.2) is 0 Å². The fraction of sp³-hybridized carbons (Fsp3) is 0.316. The predicted octanol–water partition coefficient (Wildman–Crippen LogP) is 4.45. The lowest BCUT2D eigenvalue weighted by Gasteiger charge is -2.30. The standard InChI is InChI=1S/C19H22Cl2N2O3S2/c1-3-18(23(28(2,25)26)16-8-4-14(20)5-9-16)19(24)22-12-13-27-17-10-6-15(21)7-11-17/h4-11,18H,3,12-13H2,1-2H3,(H,22,24)/t18-/m1/s1. The van der Waals surface area contributed by atoms with Gasteiger partial charge in [-0.05, 0) is 55.0 Å². The number of carbonyl (C=O) groups is 1. The van der Waals surface area contributed by atoms with Gasteiger partial charge in [0.1, 0.15) is 6.04 Å². The maximum Gasteiger partial charge on any atom is 0.243 e. The summed E-state index contributed by atoms with van der Waals surface area (Å²) in [5.74, 6) is 0.323. The van der Waals surface area contributed by atoms with Crippen LogP contribution in [0.2, 0.25) is 10.0 Å². The van der Waals surface area contributed by atoms with Crippen molar-refractivity contribution in [1.82, 2.24) is 5.32 Å². The Hall–Kier alpha value is -1.41. The topological polar surface area (TPSA) is 66.5 Å². The van der Waals surface area contributed by atoms with Gasteiger partial charge in [0.25, 0.3) is 0 Å². The quantitative estimate of drug-likeness (QED) is 0.443. The predicted molar refractivity (Wildman–Crippen MR) is 118 cm³/mol. The van der Waals surface area contributed by atoms with Crippen LogP contribution in [0.1, 0.15) is 13.3 Å². The Kier molecular flexibility index (Phi) is 8.49. The van der Waals surface area contributed by atoms with Crippen LogP contribution in [0.15, 0.2) is 53.4 Å². The first kappa shape index (κ1) is 22.9. The Bertz CT molecular complexity index is 888. The molecule has 5 nitrogen and oxygen atoms in total. The highest BCUT2D eigenvalue weighted by Crippen LogP contribution is 2.24. The third-order valence-corrected chi connectivity index (χ3v) is 6.59. The van der Waals surface area contributed by atoms with E-state index in [-0.39, 0.29) is 5.91 Å². The summed E-state index contributed by atoms with van der Waals surface area (Å²) in [4.78, 5) is 13.7. The minimum Gasteiger partial charge on any atom is -0.353 e. The van der Waals surface area contributed by atoms with Crippen LogP contribution in [0.5, 0.6) is 0 Å². The van der Waals surface area contributed by atoms with Crippen LogP contribution in [0.4, 0.5) is 5.69 Å². The molecular weight excluding hydrogens is 439 g/mol. The van der Waals surface area contributed by atoms with E-state index in [1.165, 1.54) is 0 Å². The maximum absolute atomic E-state index is 12.7. The smallest absolute Gasteiger partial charge is 0.243 e. The number of amides is 1. The molecule has 0 unspecified atom stereocenters. The van der Waals surface area contributed by atoms with Crippen molar-refractivity contribution >= 4 is 56.6 Å². The summed E-state index contributed by atoms with van der Waals surface area (Å²) < 4.78 is 25.9. The molecule has 1 N–H and O–H groups in total. The van der Waals surface area contributed by atoms with E-state index in [0.29, 0.717) is 34.5 Å². The lowest BCUT2D eigenvalue weighted by Crippen LogP contribution is -2.49. The summed E-state index contributed by atoms with van der Waals surface area (Å²) in [5, 5.41) is 4.00. The number of anilines is 1. The van der Waals surface area contributed by atoms with E-state index in [0.717, 1.165) is 15.5 Å². The molecule has 0 saturated heterocycles. The second kappa shape index (κ2) is 10.4. The van der Waals surface area contributed by atoms with Crippen LogP contribution < -0.4 is 9.62 Å². The number of hydrogen-bond donors (Lipinski definition) is 1. The normalized spacial score (nSPS) is 12.4. The van der Waals surface area contributed by atoms with Gasteiger partial charge in [-0.2, -0.15) is 0 Å². The Balaban J connectivity index is 2.02. The van der Waals surface area contributed by atoms with Crippen LogP contribution in [-0.4, -0.2) is 38.9 Å². The molecule has 9 heteroatoms. The summed E-state index contributed by atoms with van der Waals surface area (Å²) in [7, 11) is -3.65. The lowest BCUT2D eigenvalue weighted by molar-refractivity contribution is -0.122. The number of halogens is 2. The van der Waals surface area contributed by atoms with Crippen molar-refractivity contribution in [3.8, 4) is 0 Å². The second-order valence-electron chi connectivity index (χ2n) is 6.05. The first-order valence-corrected chi connectivity index (χ1v) is 12.2. The molecule has 1 atom stereocenters. The Labute approximate surface area is 180 Å². The zero-order valence-electron chi connectivity index (χ0n) is 15.6. The van der Waals surface area contributed by atoms with Gasteiger partial charge < -0.3 is 5.32 Å². The molecule has 2 aromatic rings. The first-order valence-electron chi connectivity index (χ1n) is 8.63. The van der Waals surface area contributed by atoms with E-state index in [9.17, 15) is 13.2 Å². The highest BCUT2D eigenvalue weighted by molar-refractivity contribution is 7.99. The number of sulfonamides is 1. The summed E-state index contributed by atoms with van der Waals surface area (Å²) in [6, 6.07) is 13.0. The zero-order valence-corrected chi connectivity index (χ0v) is 18.7. The second-order valence-corrected chi connectivity index (χ2v) is 9.95. The highest BCUT2D eigenvalue weighted by Gasteiger charge is 2.31. The molecule has 28 heavy (non-hydrogen) atoms. The Morgan fingerprint density at radius 3 is 2.11 bits per heavy atom. The number of hydrogen-bond acceptors (Lipinski definition) is 4. The molecule has 0 saturated carbocycles. The SMILES string of the molecule is CC[C@H](C(=O)NCCSc1ccc(Cl)cc1)N(c1ccc(Cl)cc1)S(C)(=O)=O. The van der Waals surface area contributed by atoms with Gasteiger partial charge in [0.05, 0.1) is 11.9 Å². The molecular formula is C19H22Cl2N2O3S2. The molecule has 0 fully saturated rings. The lowest BCUT2D eigenvalue weighted by atomic mass is 10.2. The molecule has 0 aliphatic carbocycles. The summed E-state index contributed by atoms with van der Waals surface area (Å²) in [6.07, 6.45) is 1.43. The number of nitrogens with one attached hydrogen (secondary N) is 1. The van der Waals surface area contributed by atoms with Crippen LogP contribution in [0.3, 0.4) is 0 Å². The van der Waals surface area contributed by atoms with Gasteiger partial charge in [-0.15, -0.1) is 11.8 Å². The average molecular weight is 461 g/mol. The van der Waals surface area contributed by atoms with E-state index in [2.05, 4.69) is 5.32 Å². The molecule has 0 aliphatic rings. The molecule has 0 bridgehead atoms. The molecule has 0 radical (unpaired) electrons. The van der Waals surface area contributed by atoms with E-state index in [1.54, 1.807) is 43.0 Å². The minimum atomic E-state index is -3.65. The first-order chi connectivity index (χ1) is 13.2. The Morgan fingerprint density at radius 2 is 1.61 bits per heavy atom. The third kappa shape index (κ3) is 6.58. The monoisotopic (exact) mass is 460 g/mol. The highest BCUT2D eigenvalue weighted by atomic mass is 35.5. The van der Waals surface area contributed by atoms with Gasteiger partial charge >= 0.3 is 0 Å². The maximum atomic E-state index is 12.7. The van der Waals surface area contributed by atoms with Crippen LogP contribution in [0.25, 0.3) is 0 Å². The molecule has 0 aromatic heterocycles. The van der Waals surface area contributed by atoms with Crippen molar-refractivity contribution in [3.05, 3.63) is 58.6 Å². The fourth-order valence-corrected chi connectivity index (χ4v) is 4.87. The van der Waals surface area contributed by atoms with Crippen LogP contribution >= 0.6 is 35.0 Å². The van der Waals surface area contributed by atoms with Crippen molar-refractivity contribution < 1.29 is 13.2 Å². The molecule has 2 aromatic carbocycles. The van der Waals surface area contributed by atoms with Crippen molar-refractivity contribution in [2.75, 3.05) is 22.9 Å². The number of thioether (sulfide) groups is 1. The van der Waals surface area contributed by atoms with Gasteiger partial charge in [-0.3, -0.25) is 9.10 Å². The third-order valence-electron chi connectivity index (χ3n) is 3.89. The van der Waals surface area contributed by atoms with Crippen molar-refractivity contribution in [3.63, 3.8) is 0 Å². The van der Waals surface area contributed by atoms with Gasteiger partial charge in [-0.1, -0.05) is 30.1 Å². The fourth-order valence-electron chi connectivity index (χ4n) is 2.64. The van der Waals surface area contributed by atoms with Crippen molar-refractivity contribution in [2.24, 2.45) is 0 Å². The zero-order chi connectivity index (χ0) is 20.7. The van der Waals surface area contributed by atoms with Gasteiger partial charge in [0.2, 0.25) is 15.9 Å². The van der Waals surface area contributed by atoms with E-state index in [1.807, 2.05) is 24.3 Å². The average Bonchev–Trinajstić information content (AvgIpc) is 2.64. The number of nitrogens with zero attached hydrogens (tertiary/aromatic N) is 1. The molecule has 0 aliphatic heterocycles. The summed E-state index contributed by atoms with van der Waals surface area (Å²) in [6.45, 7) is 2.20. The molecule has 0 spiro atoms. The van der Waals surface area contributed by atoms with E-state index < -0.39 is 16.1 Å². The van der Waals surface area contributed by atoms with Crippen molar-refractivity contribution in [2.45, 2.75) is 24.3 Å². The molecule has 1 amide bonds. The molecule has 0 heterocycles. The van der Waals surface area contributed by atoms with Gasteiger partial charge in [-0.25, -0.2) is 8.42 Å². The van der Waals surface area contributed by atoms with E-state index >= 15 is 0 Å². The Morgan fingerprint density at radius 1 is 1.07 bits per heavy atom. The summed E-state index contributed by atoms with van der Waals surface area (Å²) in [5.41, 5.74) is 0.407. The minimum absolute atomic E-state index is 0.334. The van der Waals surface area contributed by atoms with Crippen LogP contribution in [0, 0.1) is 0 Å². The number of carbonyl (C=O) groups excluding carboxylic acids is 1. The van der Waals surface area contributed by atoms with Crippen molar-refractivity contribution in [1.29, 1.82) is 0 Å². The molecule has 152 valence electrons. The van der Waals surface area contributed by atoms with Crippen LogP contribution in [-0.2, 0) is 14.8 Å². The van der Waals surface area contributed by atoms with Gasteiger partial charge in [0, 0.05) is 27.2 Å². The largest absolute Gasteiger partial charge is 0.353 e. The molecule has 2 rings (SSSR count).